The van der Waals surface area contributed by atoms with Crippen LogP contribution in [-0.2, 0) is 12.7 Å². The highest BCUT2D eigenvalue weighted by Gasteiger charge is 2.35. The van der Waals surface area contributed by atoms with Crippen molar-refractivity contribution in [1.82, 2.24) is 5.32 Å². The van der Waals surface area contributed by atoms with Crippen molar-refractivity contribution < 1.29 is 22.8 Å². The number of benzene rings is 3. The van der Waals surface area contributed by atoms with Gasteiger partial charge in [0.25, 0.3) is 0 Å². The Morgan fingerprint density at radius 1 is 0.733 bits per heavy atom. The quantitative estimate of drug-likeness (QED) is 0.640. The minimum absolute atomic E-state index is 0.00174. The molecule has 0 heterocycles. The fourth-order valence-corrected chi connectivity index (χ4v) is 3.46. The second kappa shape index (κ2) is 7.63. The molecule has 150 valence electrons. The molecule has 0 spiro atoms. The van der Waals surface area contributed by atoms with Gasteiger partial charge in [0.05, 0.1) is 16.8 Å². The maximum absolute atomic E-state index is 13.2. The Morgan fingerprint density at radius 2 is 1.37 bits per heavy atom. The Kier molecular flexibility index (Phi) is 4.99. The maximum atomic E-state index is 13.2. The minimum atomic E-state index is -4.56. The van der Waals surface area contributed by atoms with Crippen molar-refractivity contribution in [3.05, 3.63) is 112 Å². The molecular formula is C24H16F3NO2. The highest BCUT2D eigenvalue weighted by atomic mass is 19.4. The zero-order chi connectivity index (χ0) is 21.3. The SMILES string of the molecule is O=C1C(NCc2ccccc2)=C(c2cccc(C(F)(F)F)c2)C(=O)c2ccccc21. The number of carbonyl (C=O) groups is 2. The van der Waals surface area contributed by atoms with Crippen LogP contribution in [0.1, 0.15) is 37.4 Å². The predicted molar refractivity (Wildman–Crippen MR) is 107 cm³/mol. The van der Waals surface area contributed by atoms with E-state index in [0.717, 1.165) is 17.7 Å². The topological polar surface area (TPSA) is 46.2 Å². The Morgan fingerprint density at radius 3 is 2.03 bits per heavy atom. The molecule has 3 aromatic rings. The Hall–Kier alpha value is -3.67. The summed E-state index contributed by atoms with van der Waals surface area (Å²) >= 11 is 0. The minimum Gasteiger partial charge on any atom is -0.377 e. The predicted octanol–water partition coefficient (Wildman–Crippen LogP) is 5.29. The van der Waals surface area contributed by atoms with Crippen molar-refractivity contribution in [2.75, 3.05) is 0 Å². The lowest BCUT2D eigenvalue weighted by Gasteiger charge is -2.23. The first-order chi connectivity index (χ1) is 14.4. The third-order valence-corrected chi connectivity index (χ3v) is 4.91. The molecule has 30 heavy (non-hydrogen) atoms. The molecule has 0 fully saturated rings. The van der Waals surface area contributed by atoms with Gasteiger partial charge >= 0.3 is 6.18 Å². The number of fused-ring (bicyclic) bond motifs is 1. The Labute approximate surface area is 170 Å². The summed E-state index contributed by atoms with van der Waals surface area (Å²) in [5.41, 5.74) is 0.395. The van der Waals surface area contributed by atoms with Crippen LogP contribution in [0.15, 0.2) is 84.6 Å². The molecule has 3 aromatic carbocycles. The molecular weight excluding hydrogens is 391 g/mol. The van der Waals surface area contributed by atoms with E-state index >= 15 is 0 Å². The van der Waals surface area contributed by atoms with E-state index in [-0.39, 0.29) is 34.5 Å². The molecule has 4 rings (SSSR count). The Balaban J connectivity index is 1.85. The fraction of sp³-hybridized carbons (Fsp3) is 0.0833. The van der Waals surface area contributed by atoms with Crippen molar-refractivity contribution in [3.8, 4) is 0 Å². The van der Waals surface area contributed by atoms with Gasteiger partial charge in [-0.05, 0) is 23.3 Å². The number of allylic oxidation sites excluding steroid dienone is 2. The first-order valence-corrected chi connectivity index (χ1v) is 9.24. The number of hydrogen-bond acceptors (Lipinski definition) is 3. The summed E-state index contributed by atoms with van der Waals surface area (Å²) in [5.74, 6) is -0.909. The summed E-state index contributed by atoms with van der Waals surface area (Å²) in [6.07, 6.45) is -4.56. The molecule has 6 heteroatoms. The van der Waals surface area contributed by atoms with Crippen molar-refractivity contribution in [2.45, 2.75) is 12.7 Å². The van der Waals surface area contributed by atoms with Crippen LogP contribution in [0.2, 0.25) is 0 Å². The molecule has 0 amide bonds. The van der Waals surface area contributed by atoms with Crippen LogP contribution < -0.4 is 5.32 Å². The van der Waals surface area contributed by atoms with Crippen LogP contribution in [0.5, 0.6) is 0 Å². The van der Waals surface area contributed by atoms with E-state index in [1.807, 2.05) is 30.3 Å². The lowest BCUT2D eigenvalue weighted by molar-refractivity contribution is -0.137. The third-order valence-electron chi connectivity index (χ3n) is 4.91. The number of ketones is 2. The third kappa shape index (κ3) is 3.64. The van der Waals surface area contributed by atoms with Crippen LogP contribution in [0, 0.1) is 0 Å². The van der Waals surface area contributed by atoms with E-state index in [9.17, 15) is 22.8 Å². The van der Waals surface area contributed by atoms with Crippen LogP contribution in [0.25, 0.3) is 5.57 Å². The van der Waals surface area contributed by atoms with Gasteiger partial charge in [0.15, 0.2) is 5.78 Å². The van der Waals surface area contributed by atoms with Gasteiger partial charge in [-0.3, -0.25) is 9.59 Å². The highest BCUT2D eigenvalue weighted by Crippen LogP contribution is 2.35. The number of rotatable bonds is 4. The van der Waals surface area contributed by atoms with Crippen molar-refractivity contribution in [3.63, 3.8) is 0 Å². The number of carbonyl (C=O) groups excluding carboxylic acids is 2. The van der Waals surface area contributed by atoms with Crippen molar-refractivity contribution in [2.24, 2.45) is 0 Å². The summed E-state index contributed by atoms with van der Waals surface area (Å²) in [7, 11) is 0. The second-order valence-corrected chi connectivity index (χ2v) is 6.87. The summed E-state index contributed by atoms with van der Waals surface area (Å²) in [5, 5.41) is 2.99. The fourth-order valence-electron chi connectivity index (χ4n) is 3.46. The molecule has 1 aliphatic carbocycles. The normalized spacial score (nSPS) is 14.0. The average molecular weight is 407 g/mol. The van der Waals surface area contributed by atoms with Crippen LogP contribution in [0.3, 0.4) is 0 Å². The Bertz CT molecular complexity index is 1160. The lowest BCUT2D eigenvalue weighted by atomic mass is 9.83. The lowest BCUT2D eigenvalue weighted by Crippen LogP contribution is -2.29. The molecule has 0 atom stereocenters. The standard InChI is InChI=1S/C24H16F3NO2/c25-24(26,27)17-10-6-9-16(13-17)20-21(28-14-15-7-2-1-3-8-15)23(30)19-12-5-4-11-18(19)22(20)29/h1-13,28H,14H2. The number of hydrogen-bond donors (Lipinski definition) is 1. The molecule has 0 aromatic heterocycles. The second-order valence-electron chi connectivity index (χ2n) is 6.87. The monoisotopic (exact) mass is 407 g/mol. The van der Waals surface area contributed by atoms with Gasteiger partial charge in [0.1, 0.15) is 0 Å². The molecule has 0 saturated heterocycles. The smallest absolute Gasteiger partial charge is 0.377 e. The van der Waals surface area contributed by atoms with Crippen LogP contribution in [-0.4, -0.2) is 11.6 Å². The van der Waals surface area contributed by atoms with E-state index in [1.165, 1.54) is 18.2 Å². The van der Waals surface area contributed by atoms with Crippen LogP contribution in [0.4, 0.5) is 13.2 Å². The molecule has 0 saturated carbocycles. The van der Waals surface area contributed by atoms with Gasteiger partial charge in [-0.2, -0.15) is 13.2 Å². The molecule has 0 unspecified atom stereocenters. The van der Waals surface area contributed by atoms with Gasteiger partial charge in [0.2, 0.25) is 5.78 Å². The zero-order valence-electron chi connectivity index (χ0n) is 15.7. The molecule has 0 bridgehead atoms. The summed E-state index contributed by atoms with van der Waals surface area (Å²) in [6.45, 7) is 0.250. The number of nitrogens with one attached hydrogen (secondary N) is 1. The van der Waals surface area contributed by atoms with Crippen LogP contribution >= 0.6 is 0 Å². The van der Waals surface area contributed by atoms with Gasteiger partial charge in [-0.1, -0.05) is 66.7 Å². The van der Waals surface area contributed by atoms with Crippen molar-refractivity contribution >= 4 is 17.1 Å². The summed E-state index contributed by atoms with van der Waals surface area (Å²) < 4.78 is 39.7. The largest absolute Gasteiger partial charge is 0.416 e. The number of halogens is 3. The molecule has 1 aliphatic rings. The molecule has 1 N–H and O–H groups in total. The van der Waals surface area contributed by atoms with E-state index in [0.29, 0.717) is 0 Å². The number of Topliss-reactive ketones (excluding diaryl/α,β-unsaturated/α-hetero) is 2. The van der Waals surface area contributed by atoms with E-state index in [1.54, 1.807) is 18.2 Å². The van der Waals surface area contributed by atoms with Gasteiger partial charge < -0.3 is 5.32 Å². The first kappa shape index (κ1) is 19.6. The average Bonchev–Trinajstić information content (AvgIpc) is 2.75. The summed E-state index contributed by atoms with van der Waals surface area (Å²) in [4.78, 5) is 26.4. The molecule has 0 radical (unpaired) electrons. The first-order valence-electron chi connectivity index (χ1n) is 9.24. The van der Waals surface area contributed by atoms with Gasteiger partial charge in [0, 0.05) is 17.7 Å². The van der Waals surface area contributed by atoms with Gasteiger partial charge in [-0.25, -0.2) is 0 Å². The van der Waals surface area contributed by atoms with E-state index in [2.05, 4.69) is 5.32 Å². The zero-order valence-corrected chi connectivity index (χ0v) is 15.7. The van der Waals surface area contributed by atoms with Gasteiger partial charge in [-0.15, -0.1) is 0 Å². The van der Waals surface area contributed by atoms with E-state index in [4.69, 9.17) is 0 Å². The maximum Gasteiger partial charge on any atom is 0.416 e. The van der Waals surface area contributed by atoms with E-state index < -0.39 is 23.3 Å². The highest BCUT2D eigenvalue weighted by molar-refractivity contribution is 6.40. The molecule has 3 nitrogen and oxygen atoms in total. The summed E-state index contributed by atoms with van der Waals surface area (Å²) in [6, 6.07) is 20.0. The molecule has 0 aliphatic heterocycles. The van der Waals surface area contributed by atoms with Crippen molar-refractivity contribution in [1.29, 1.82) is 0 Å². The number of alkyl halides is 3.